The average molecular weight is 530 g/mol. The van der Waals surface area contributed by atoms with Gasteiger partial charge in [-0.25, -0.2) is 13.5 Å². The van der Waals surface area contributed by atoms with Gasteiger partial charge in [0.1, 0.15) is 5.56 Å². The van der Waals surface area contributed by atoms with Gasteiger partial charge in [-0.15, -0.1) is 0 Å². The van der Waals surface area contributed by atoms with E-state index in [2.05, 4.69) is 15.6 Å². The molecule has 0 atom stereocenters. The number of fused-ring (bicyclic) bond motifs is 1. The Kier molecular flexibility index (Phi) is 6.84. The maximum atomic E-state index is 13.6. The Balaban J connectivity index is 1.25. The first-order valence-corrected chi connectivity index (χ1v) is 12.2. The van der Waals surface area contributed by atoms with Crippen LogP contribution in [0.4, 0.5) is 14.5 Å². The number of halogens is 2. The molecule has 0 fully saturated rings. The number of aromatic nitrogens is 3. The molecule has 10 heteroatoms. The van der Waals surface area contributed by atoms with E-state index in [4.69, 9.17) is 0 Å². The molecule has 0 radical (unpaired) electrons. The van der Waals surface area contributed by atoms with Gasteiger partial charge in [0.2, 0.25) is 0 Å². The molecule has 5 rings (SSSR count). The summed E-state index contributed by atoms with van der Waals surface area (Å²) in [7, 11) is 1.62. The zero-order chi connectivity index (χ0) is 27.7. The summed E-state index contributed by atoms with van der Waals surface area (Å²) in [5.41, 5.74) is 4.03. The van der Waals surface area contributed by atoms with Crippen molar-refractivity contribution in [3.8, 4) is 0 Å². The van der Waals surface area contributed by atoms with Crippen LogP contribution in [0.25, 0.3) is 17.7 Å². The van der Waals surface area contributed by atoms with Crippen LogP contribution in [0.3, 0.4) is 0 Å². The smallest absolute Gasteiger partial charge is 0.280 e. The SMILES string of the molecule is Cc1c(C(=O)NC/C=C/c2ccc3c(c2)NC(=O)/C3=C/c2ccc[nH]2)c(=O)n(Cc2ccc(F)c(F)c2)n1C. The topological polar surface area (TPSA) is 101 Å². The number of aromatic amines is 1. The number of amides is 2. The molecule has 4 aromatic rings. The highest BCUT2D eigenvalue weighted by molar-refractivity contribution is 6.34. The van der Waals surface area contributed by atoms with Crippen molar-refractivity contribution in [2.24, 2.45) is 7.05 Å². The summed E-state index contributed by atoms with van der Waals surface area (Å²) in [6.07, 6.45) is 7.13. The van der Waals surface area contributed by atoms with E-state index in [1.807, 2.05) is 30.3 Å². The summed E-state index contributed by atoms with van der Waals surface area (Å²) >= 11 is 0. The highest BCUT2D eigenvalue weighted by Gasteiger charge is 2.24. The molecule has 2 amide bonds. The Bertz CT molecular complexity index is 1710. The zero-order valence-corrected chi connectivity index (χ0v) is 21.2. The third-order valence-corrected chi connectivity index (χ3v) is 6.64. The lowest BCUT2D eigenvalue weighted by atomic mass is 10.0. The zero-order valence-electron chi connectivity index (χ0n) is 21.2. The van der Waals surface area contributed by atoms with Crippen LogP contribution in [0.1, 0.15) is 38.4 Å². The second kappa shape index (κ2) is 10.4. The lowest BCUT2D eigenvalue weighted by Gasteiger charge is -2.08. The number of H-pyrrole nitrogens is 1. The van der Waals surface area contributed by atoms with E-state index < -0.39 is 23.1 Å². The number of nitrogens with one attached hydrogen (secondary N) is 3. The fraction of sp³-hybridized carbons (Fsp3) is 0.138. The Morgan fingerprint density at radius 3 is 2.64 bits per heavy atom. The molecule has 0 aliphatic carbocycles. The minimum absolute atomic E-state index is 0.0165. The van der Waals surface area contributed by atoms with Gasteiger partial charge in [-0.3, -0.25) is 19.1 Å². The van der Waals surface area contributed by atoms with Crippen molar-refractivity contribution in [1.82, 2.24) is 19.7 Å². The highest BCUT2D eigenvalue weighted by atomic mass is 19.2. The Morgan fingerprint density at radius 2 is 1.90 bits per heavy atom. The van der Waals surface area contributed by atoms with Crippen molar-refractivity contribution in [1.29, 1.82) is 0 Å². The van der Waals surface area contributed by atoms with Crippen molar-refractivity contribution >= 4 is 35.2 Å². The predicted octanol–water partition coefficient (Wildman–Crippen LogP) is 4.09. The Hall–Kier alpha value is -4.99. The van der Waals surface area contributed by atoms with Crippen LogP contribution < -0.4 is 16.2 Å². The number of nitrogens with zero attached hydrogens (tertiary/aromatic N) is 2. The Labute approximate surface area is 222 Å². The summed E-state index contributed by atoms with van der Waals surface area (Å²) in [6.45, 7) is 1.79. The number of benzene rings is 2. The summed E-state index contributed by atoms with van der Waals surface area (Å²) in [5.74, 6) is -2.69. The Morgan fingerprint density at radius 1 is 1.08 bits per heavy atom. The molecule has 1 aliphatic heterocycles. The molecule has 198 valence electrons. The fourth-order valence-corrected chi connectivity index (χ4v) is 4.50. The van der Waals surface area contributed by atoms with E-state index in [0.717, 1.165) is 29.0 Å². The molecule has 2 aromatic heterocycles. The molecule has 1 aliphatic rings. The monoisotopic (exact) mass is 529 g/mol. The first-order chi connectivity index (χ1) is 18.7. The molecule has 0 saturated heterocycles. The fourth-order valence-electron chi connectivity index (χ4n) is 4.50. The molecule has 0 bridgehead atoms. The molecular weight excluding hydrogens is 504 g/mol. The third-order valence-electron chi connectivity index (χ3n) is 6.64. The van der Waals surface area contributed by atoms with E-state index in [0.29, 0.717) is 22.5 Å². The molecule has 0 spiro atoms. The van der Waals surface area contributed by atoms with Gasteiger partial charge in [0.05, 0.1) is 12.1 Å². The van der Waals surface area contributed by atoms with E-state index in [-0.39, 0.29) is 24.6 Å². The van der Waals surface area contributed by atoms with Gasteiger partial charge in [0.15, 0.2) is 11.6 Å². The summed E-state index contributed by atoms with van der Waals surface area (Å²) < 4.78 is 29.7. The molecule has 2 aromatic carbocycles. The summed E-state index contributed by atoms with van der Waals surface area (Å²) in [5, 5.41) is 5.59. The number of carbonyl (C=O) groups excluding carboxylic acids is 2. The lowest BCUT2D eigenvalue weighted by molar-refractivity contribution is -0.110. The number of carbonyl (C=O) groups is 2. The van der Waals surface area contributed by atoms with Gasteiger partial charge in [-0.1, -0.05) is 30.4 Å². The van der Waals surface area contributed by atoms with Crippen LogP contribution >= 0.6 is 0 Å². The predicted molar refractivity (Wildman–Crippen MR) is 145 cm³/mol. The van der Waals surface area contributed by atoms with Gasteiger partial charge in [-0.05, 0) is 54.5 Å². The van der Waals surface area contributed by atoms with Crippen LogP contribution in [0, 0.1) is 18.6 Å². The first kappa shape index (κ1) is 25.7. The minimum Gasteiger partial charge on any atom is -0.362 e. The molecular formula is C29H25F2N5O3. The van der Waals surface area contributed by atoms with Gasteiger partial charge in [-0.2, -0.15) is 0 Å². The number of anilines is 1. The molecule has 0 saturated carbocycles. The van der Waals surface area contributed by atoms with E-state index in [9.17, 15) is 23.2 Å². The van der Waals surface area contributed by atoms with Crippen molar-refractivity contribution in [3.05, 3.63) is 116 Å². The van der Waals surface area contributed by atoms with Crippen LogP contribution in [-0.2, 0) is 18.4 Å². The van der Waals surface area contributed by atoms with Gasteiger partial charge < -0.3 is 15.6 Å². The van der Waals surface area contributed by atoms with Gasteiger partial charge in [0.25, 0.3) is 17.4 Å². The molecule has 3 N–H and O–H groups in total. The minimum atomic E-state index is -1.00. The maximum Gasteiger partial charge on any atom is 0.280 e. The van der Waals surface area contributed by atoms with Crippen molar-refractivity contribution in [2.45, 2.75) is 13.5 Å². The first-order valence-electron chi connectivity index (χ1n) is 12.2. The van der Waals surface area contributed by atoms with Crippen molar-refractivity contribution in [2.75, 3.05) is 11.9 Å². The van der Waals surface area contributed by atoms with Gasteiger partial charge >= 0.3 is 0 Å². The second-order valence-corrected chi connectivity index (χ2v) is 9.15. The van der Waals surface area contributed by atoms with E-state index in [1.54, 1.807) is 38.4 Å². The second-order valence-electron chi connectivity index (χ2n) is 9.15. The van der Waals surface area contributed by atoms with Crippen molar-refractivity contribution in [3.63, 3.8) is 0 Å². The van der Waals surface area contributed by atoms with Crippen molar-refractivity contribution < 1.29 is 18.4 Å². The lowest BCUT2D eigenvalue weighted by Crippen LogP contribution is -2.31. The number of hydrogen-bond acceptors (Lipinski definition) is 3. The maximum absolute atomic E-state index is 13.6. The standard InChI is InChI=1S/C29H25F2N5O3/c1-17-26(29(39)36(35(17)2)16-19-8-10-23(30)24(31)13-19)28(38)33-12-3-5-18-7-9-21-22(15-20-6-4-11-32-20)27(37)34-25(21)14-18/h3-11,13-15,32H,12,16H2,1-2H3,(H,33,38)(H,34,37)/b5-3+,22-15+. The molecule has 8 nitrogen and oxygen atoms in total. The molecule has 3 heterocycles. The van der Waals surface area contributed by atoms with Gasteiger partial charge in [0, 0.05) is 42.4 Å². The normalized spacial score (nSPS) is 13.7. The number of rotatable bonds is 7. The quantitative estimate of drug-likeness (QED) is 0.315. The summed E-state index contributed by atoms with van der Waals surface area (Å²) in [6, 6.07) is 12.7. The van der Waals surface area contributed by atoms with Crippen LogP contribution in [0.5, 0.6) is 0 Å². The van der Waals surface area contributed by atoms with Crippen LogP contribution in [0.15, 0.2) is 65.6 Å². The molecule has 39 heavy (non-hydrogen) atoms. The highest BCUT2D eigenvalue weighted by Crippen LogP contribution is 2.33. The van der Waals surface area contributed by atoms with E-state index >= 15 is 0 Å². The summed E-state index contributed by atoms with van der Waals surface area (Å²) in [4.78, 5) is 41.3. The van der Waals surface area contributed by atoms with Crippen LogP contribution in [0.2, 0.25) is 0 Å². The number of hydrogen-bond donors (Lipinski definition) is 3. The van der Waals surface area contributed by atoms with Crippen LogP contribution in [-0.4, -0.2) is 32.7 Å². The largest absolute Gasteiger partial charge is 0.362 e. The average Bonchev–Trinajstić information content (AvgIpc) is 3.59. The van der Waals surface area contributed by atoms with E-state index in [1.165, 1.54) is 15.4 Å². The third kappa shape index (κ3) is 5.08. The molecule has 0 unspecified atom stereocenters.